The first-order valence-electron chi connectivity index (χ1n) is 6.85. The van der Waals surface area contributed by atoms with Gasteiger partial charge < -0.3 is 13.8 Å². The molecule has 0 aliphatic carbocycles. The Morgan fingerprint density at radius 1 is 1.36 bits per heavy atom. The number of hydroxylamine groups is 1. The molecule has 1 aromatic heterocycles. The minimum atomic E-state index is -3.09. The molecule has 0 aromatic carbocycles. The summed E-state index contributed by atoms with van der Waals surface area (Å²) in [5.74, 6) is -0.735. The molecule has 0 atom stereocenters. The van der Waals surface area contributed by atoms with E-state index in [1.807, 2.05) is 0 Å². The molecular weight excluding hydrogens is 315 g/mol. The van der Waals surface area contributed by atoms with Gasteiger partial charge in [0.25, 0.3) is 5.91 Å². The molecule has 0 spiro atoms. The van der Waals surface area contributed by atoms with Gasteiger partial charge in [-0.15, -0.1) is 5.10 Å². The first-order valence-corrected chi connectivity index (χ1v) is 8.58. The van der Waals surface area contributed by atoms with Crippen LogP contribution in [0.2, 0.25) is 0 Å². The largest absolute Gasteiger partial charge is 0.379 e. The van der Waals surface area contributed by atoms with E-state index in [-0.39, 0.29) is 18.5 Å². The number of amides is 1. The Bertz CT molecular complexity index is 499. The molecule has 22 heavy (non-hydrogen) atoms. The Kier molecular flexibility index (Phi) is 8.21. The van der Waals surface area contributed by atoms with Crippen LogP contribution in [0.25, 0.3) is 0 Å². The first kappa shape index (κ1) is 18.7. The Morgan fingerprint density at radius 2 is 2.05 bits per heavy atom. The van der Waals surface area contributed by atoms with Crippen molar-refractivity contribution in [3.8, 4) is 0 Å². The summed E-state index contributed by atoms with van der Waals surface area (Å²) in [4.78, 5) is 11.1. The minimum absolute atomic E-state index is 0.000285. The van der Waals surface area contributed by atoms with Gasteiger partial charge in [0, 0.05) is 0 Å². The molecule has 0 aliphatic rings. The highest BCUT2D eigenvalue weighted by molar-refractivity contribution is 7.53. The minimum Gasteiger partial charge on any atom is -0.379 e. The van der Waals surface area contributed by atoms with E-state index in [0.29, 0.717) is 26.4 Å². The van der Waals surface area contributed by atoms with Crippen LogP contribution in [0.1, 0.15) is 24.3 Å². The third-order valence-electron chi connectivity index (χ3n) is 2.50. The lowest BCUT2D eigenvalue weighted by Gasteiger charge is -2.16. The van der Waals surface area contributed by atoms with Gasteiger partial charge in [0.1, 0.15) is 0 Å². The van der Waals surface area contributed by atoms with E-state index < -0.39 is 13.5 Å². The smallest absolute Gasteiger partial charge is 0.332 e. The number of aromatic nitrogens is 3. The maximum Gasteiger partial charge on any atom is 0.332 e. The van der Waals surface area contributed by atoms with Crippen LogP contribution in [0.5, 0.6) is 0 Å². The number of ether oxygens (including phenoxy) is 1. The number of rotatable bonds is 11. The number of nitrogens with one attached hydrogen (secondary N) is 1. The maximum atomic E-state index is 12.1. The van der Waals surface area contributed by atoms with Crippen molar-refractivity contribution in [2.24, 2.45) is 0 Å². The van der Waals surface area contributed by atoms with E-state index in [9.17, 15) is 9.36 Å². The van der Waals surface area contributed by atoms with Crippen molar-refractivity contribution >= 4 is 13.5 Å². The van der Waals surface area contributed by atoms with Gasteiger partial charge in [0.2, 0.25) is 0 Å². The number of hydrogen-bond acceptors (Lipinski definition) is 8. The molecule has 0 bridgehead atoms. The van der Waals surface area contributed by atoms with Gasteiger partial charge in [-0.2, -0.15) is 0 Å². The SMILES string of the molecule is CCOP(=O)(CCOCCn1cc(C(=O)NO)nn1)OCC. The molecule has 0 saturated heterocycles. The molecule has 0 unspecified atom stereocenters. The van der Waals surface area contributed by atoms with Gasteiger partial charge >= 0.3 is 7.60 Å². The summed E-state index contributed by atoms with van der Waals surface area (Å²) >= 11 is 0. The molecule has 0 saturated carbocycles. The van der Waals surface area contributed by atoms with Crippen LogP contribution in [-0.2, 0) is 24.9 Å². The molecule has 11 heteroatoms. The molecule has 1 amide bonds. The lowest BCUT2D eigenvalue weighted by Crippen LogP contribution is -2.18. The second-order valence-corrected chi connectivity index (χ2v) is 6.28. The van der Waals surface area contributed by atoms with E-state index in [0.717, 1.165) is 0 Å². The van der Waals surface area contributed by atoms with Crippen LogP contribution in [0, 0.1) is 0 Å². The monoisotopic (exact) mass is 336 g/mol. The van der Waals surface area contributed by atoms with E-state index in [2.05, 4.69) is 10.3 Å². The average molecular weight is 336 g/mol. The zero-order chi connectivity index (χ0) is 16.4. The molecule has 2 N–H and O–H groups in total. The van der Waals surface area contributed by atoms with E-state index >= 15 is 0 Å². The predicted octanol–water partition coefficient (Wildman–Crippen LogP) is 0.680. The average Bonchev–Trinajstić information content (AvgIpc) is 2.95. The molecule has 0 aliphatic heterocycles. The molecule has 1 rings (SSSR count). The number of hydrogen-bond donors (Lipinski definition) is 2. The van der Waals surface area contributed by atoms with Crippen molar-refractivity contribution in [3.05, 3.63) is 11.9 Å². The molecule has 0 fully saturated rings. The van der Waals surface area contributed by atoms with Crippen LogP contribution >= 0.6 is 7.60 Å². The Hall–Kier alpha value is -1.32. The van der Waals surface area contributed by atoms with Crippen LogP contribution in [0.3, 0.4) is 0 Å². The zero-order valence-corrected chi connectivity index (χ0v) is 13.5. The van der Waals surface area contributed by atoms with Crippen LogP contribution in [0.15, 0.2) is 6.20 Å². The molecular formula is C11H21N4O6P. The van der Waals surface area contributed by atoms with Gasteiger partial charge in [-0.3, -0.25) is 14.6 Å². The second kappa shape index (κ2) is 9.65. The van der Waals surface area contributed by atoms with Gasteiger partial charge in [0.15, 0.2) is 5.69 Å². The van der Waals surface area contributed by atoms with Crippen molar-refractivity contribution < 1.29 is 28.4 Å². The number of carbonyl (C=O) groups excluding carboxylic acids is 1. The van der Waals surface area contributed by atoms with Crippen LogP contribution in [0.4, 0.5) is 0 Å². The second-order valence-electron chi connectivity index (χ2n) is 4.09. The summed E-state index contributed by atoms with van der Waals surface area (Å²) in [7, 11) is -3.09. The fourth-order valence-corrected chi connectivity index (χ4v) is 3.04. The van der Waals surface area contributed by atoms with Crippen molar-refractivity contribution in [1.29, 1.82) is 0 Å². The van der Waals surface area contributed by atoms with Gasteiger partial charge in [0.05, 0.1) is 45.3 Å². The van der Waals surface area contributed by atoms with Crippen molar-refractivity contribution in [3.63, 3.8) is 0 Å². The molecule has 0 radical (unpaired) electrons. The van der Waals surface area contributed by atoms with Crippen molar-refractivity contribution in [2.45, 2.75) is 20.4 Å². The summed E-state index contributed by atoms with van der Waals surface area (Å²) in [6.07, 6.45) is 1.55. The lowest BCUT2D eigenvalue weighted by molar-refractivity contribution is 0.0700. The van der Waals surface area contributed by atoms with E-state index in [1.165, 1.54) is 16.4 Å². The first-order chi connectivity index (χ1) is 10.5. The predicted molar refractivity (Wildman–Crippen MR) is 75.8 cm³/mol. The van der Waals surface area contributed by atoms with Gasteiger partial charge in [-0.1, -0.05) is 5.21 Å². The number of carbonyl (C=O) groups is 1. The summed E-state index contributed by atoms with van der Waals surface area (Å²) in [5.41, 5.74) is 1.47. The zero-order valence-electron chi connectivity index (χ0n) is 12.6. The Labute approximate surface area is 128 Å². The normalized spacial score (nSPS) is 11.6. The number of nitrogens with zero attached hydrogens (tertiary/aromatic N) is 3. The quantitative estimate of drug-likeness (QED) is 0.261. The third-order valence-corrected chi connectivity index (χ3v) is 4.53. The van der Waals surface area contributed by atoms with Gasteiger partial charge in [-0.05, 0) is 13.8 Å². The third kappa shape index (κ3) is 6.20. The highest BCUT2D eigenvalue weighted by Crippen LogP contribution is 2.47. The highest BCUT2D eigenvalue weighted by Gasteiger charge is 2.22. The van der Waals surface area contributed by atoms with Crippen LogP contribution < -0.4 is 5.48 Å². The maximum absolute atomic E-state index is 12.1. The fourth-order valence-electron chi connectivity index (χ4n) is 1.57. The standard InChI is InChI=1S/C11H21N4O6P/c1-3-20-22(18,21-4-2)8-7-19-6-5-15-9-10(12-14-15)11(16)13-17/h9,17H,3-8H2,1-2H3,(H,13,16). The highest BCUT2D eigenvalue weighted by atomic mass is 31.2. The van der Waals surface area contributed by atoms with E-state index in [1.54, 1.807) is 13.8 Å². The molecule has 1 aromatic rings. The summed E-state index contributed by atoms with van der Waals surface area (Å²) in [6.45, 7) is 4.99. The van der Waals surface area contributed by atoms with Crippen molar-refractivity contribution in [1.82, 2.24) is 20.5 Å². The Balaban J connectivity index is 2.28. The Morgan fingerprint density at radius 3 is 2.64 bits per heavy atom. The van der Waals surface area contributed by atoms with Gasteiger partial charge in [-0.25, -0.2) is 10.2 Å². The fraction of sp³-hybridized carbons (Fsp3) is 0.727. The van der Waals surface area contributed by atoms with Crippen LogP contribution in [-0.4, -0.2) is 58.7 Å². The summed E-state index contributed by atoms with van der Waals surface area (Å²) in [5, 5.41) is 15.7. The molecule has 10 nitrogen and oxygen atoms in total. The lowest BCUT2D eigenvalue weighted by atomic mass is 10.5. The molecule has 126 valence electrons. The summed E-state index contributed by atoms with van der Waals surface area (Å²) < 4.78 is 29.2. The molecule has 1 heterocycles. The van der Waals surface area contributed by atoms with E-state index in [4.69, 9.17) is 19.0 Å². The van der Waals surface area contributed by atoms with Crippen molar-refractivity contribution in [2.75, 3.05) is 32.6 Å². The summed E-state index contributed by atoms with van der Waals surface area (Å²) in [6, 6.07) is 0. The topological polar surface area (TPSA) is 125 Å².